The molecule has 4 heteroatoms. The Balaban J connectivity index is 2.42. The third-order valence-corrected chi connectivity index (χ3v) is 2.69. The van der Waals surface area contributed by atoms with Crippen molar-refractivity contribution in [1.82, 2.24) is 14.5 Å². The Bertz CT molecular complexity index is 499. The van der Waals surface area contributed by atoms with E-state index in [4.69, 9.17) is 5.73 Å². The Morgan fingerprint density at radius 2 is 2.06 bits per heavy atom. The summed E-state index contributed by atoms with van der Waals surface area (Å²) in [7, 11) is 0. The molecule has 0 unspecified atom stereocenters. The number of anilines is 1. The number of hydrogen-bond acceptors (Lipinski definition) is 3. The molecule has 0 aliphatic rings. The van der Waals surface area contributed by atoms with Gasteiger partial charge < -0.3 is 5.73 Å². The van der Waals surface area contributed by atoms with Crippen LogP contribution in [0.2, 0.25) is 0 Å². The topological polar surface area (TPSA) is 56.7 Å². The van der Waals surface area contributed by atoms with E-state index < -0.39 is 0 Å². The van der Waals surface area contributed by atoms with Crippen molar-refractivity contribution in [2.75, 3.05) is 5.73 Å². The molecule has 0 saturated heterocycles. The summed E-state index contributed by atoms with van der Waals surface area (Å²) in [5.74, 6) is 1.22. The second-order valence-corrected chi connectivity index (χ2v) is 4.60. The van der Waals surface area contributed by atoms with Crippen LogP contribution in [0, 0.1) is 12.8 Å². The fourth-order valence-corrected chi connectivity index (χ4v) is 1.72. The predicted octanol–water partition coefficient (Wildman–Crippen LogP) is 2.37. The zero-order valence-electron chi connectivity index (χ0n) is 10.1. The third-order valence-electron chi connectivity index (χ3n) is 2.69. The van der Waals surface area contributed by atoms with Crippen molar-refractivity contribution in [3.05, 3.63) is 17.8 Å². The molecule has 0 spiro atoms. The number of aromatic nitrogens is 3. The number of nitrogens with two attached hydrogens (primary N) is 1. The summed E-state index contributed by atoms with van der Waals surface area (Å²) in [6, 6.07) is 3.93. The molecule has 0 atom stereocenters. The number of hydrogen-bond donors (Lipinski definition) is 1. The molecule has 0 radical (unpaired) electrons. The van der Waals surface area contributed by atoms with Crippen LogP contribution in [0.1, 0.15) is 26.0 Å². The van der Waals surface area contributed by atoms with Gasteiger partial charge in [0.1, 0.15) is 5.52 Å². The number of nitrogens with zero attached hydrogens (tertiary/aromatic N) is 3. The average Bonchev–Trinajstić information content (AvgIpc) is 2.51. The van der Waals surface area contributed by atoms with Gasteiger partial charge in [-0.3, -0.25) is 4.57 Å². The summed E-state index contributed by atoms with van der Waals surface area (Å²) in [4.78, 5) is 8.81. The van der Waals surface area contributed by atoms with Gasteiger partial charge in [0.25, 0.3) is 0 Å². The average molecular weight is 218 g/mol. The SMILES string of the molecule is Cc1ccc2nc(N)n(CCC(C)C)c2n1. The van der Waals surface area contributed by atoms with Crippen molar-refractivity contribution in [3.8, 4) is 0 Å². The summed E-state index contributed by atoms with van der Waals surface area (Å²) < 4.78 is 2.00. The number of pyridine rings is 1. The van der Waals surface area contributed by atoms with Crippen LogP contribution in [0.5, 0.6) is 0 Å². The highest BCUT2D eigenvalue weighted by atomic mass is 15.2. The first-order valence-corrected chi connectivity index (χ1v) is 5.67. The van der Waals surface area contributed by atoms with Crippen LogP contribution in [-0.2, 0) is 6.54 Å². The van der Waals surface area contributed by atoms with Crippen molar-refractivity contribution in [1.29, 1.82) is 0 Å². The Labute approximate surface area is 95.5 Å². The summed E-state index contributed by atoms with van der Waals surface area (Å²) in [6.07, 6.45) is 1.09. The van der Waals surface area contributed by atoms with Crippen molar-refractivity contribution in [2.45, 2.75) is 33.7 Å². The van der Waals surface area contributed by atoms with Gasteiger partial charge in [0.05, 0.1) is 0 Å². The largest absolute Gasteiger partial charge is 0.369 e. The van der Waals surface area contributed by atoms with Crippen LogP contribution >= 0.6 is 0 Å². The quantitative estimate of drug-likeness (QED) is 0.860. The van der Waals surface area contributed by atoms with E-state index in [9.17, 15) is 0 Å². The smallest absolute Gasteiger partial charge is 0.202 e. The van der Waals surface area contributed by atoms with E-state index in [2.05, 4.69) is 23.8 Å². The van der Waals surface area contributed by atoms with Gasteiger partial charge in [0, 0.05) is 12.2 Å². The minimum Gasteiger partial charge on any atom is -0.369 e. The fraction of sp³-hybridized carbons (Fsp3) is 0.500. The van der Waals surface area contributed by atoms with E-state index in [1.165, 1.54) is 0 Å². The molecule has 4 nitrogen and oxygen atoms in total. The van der Waals surface area contributed by atoms with Crippen LogP contribution in [-0.4, -0.2) is 14.5 Å². The molecule has 0 saturated carbocycles. The fourth-order valence-electron chi connectivity index (χ4n) is 1.72. The molecule has 86 valence electrons. The molecule has 0 aromatic carbocycles. The van der Waals surface area contributed by atoms with Crippen molar-refractivity contribution < 1.29 is 0 Å². The molecule has 0 amide bonds. The van der Waals surface area contributed by atoms with E-state index in [0.717, 1.165) is 29.8 Å². The Kier molecular flexibility index (Phi) is 2.81. The molecular formula is C12H18N4. The molecule has 2 N–H and O–H groups in total. The lowest BCUT2D eigenvalue weighted by Gasteiger charge is -2.07. The second kappa shape index (κ2) is 4.12. The predicted molar refractivity (Wildman–Crippen MR) is 66.1 cm³/mol. The Morgan fingerprint density at radius 3 is 2.75 bits per heavy atom. The van der Waals surface area contributed by atoms with Crippen LogP contribution in [0.3, 0.4) is 0 Å². The van der Waals surface area contributed by atoms with Gasteiger partial charge in [-0.15, -0.1) is 0 Å². The summed E-state index contributed by atoms with van der Waals surface area (Å²) in [5, 5.41) is 0. The van der Waals surface area contributed by atoms with Crippen LogP contribution < -0.4 is 5.73 Å². The first-order valence-electron chi connectivity index (χ1n) is 5.67. The van der Waals surface area contributed by atoms with Gasteiger partial charge in [-0.05, 0) is 31.4 Å². The Hall–Kier alpha value is -1.58. The summed E-state index contributed by atoms with van der Waals surface area (Å²) in [5.41, 5.74) is 8.68. The highest BCUT2D eigenvalue weighted by Gasteiger charge is 2.09. The minimum absolute atomic E-state index is 0.564. The first kappa shape index (κ1) is 10.9. The minimum atomic E-state index is 0.564. The zero-order valence-corrected chi connectivity index (χ0v) is 10.1. The number of imidazole rings is 1. The van der Waals surface area contributed by atoms with Gasteiger partial charge in [0.2, 0.25) is 5.95 Å². The van der Waals surface area contributed by atoms with Crippen molar-refractivity contribution in [3.63, 3.8) is 0 Å². The molecule has 2 aromatic heterocycles. The van der Waals surface area contributed by atoms with E-state index in [0.29, 0.717) is 11.9 Å². The highest BCUT2D eigenvalue weighted by molar-refractivity contribution is 5.74. The number of aryl methyl sites for hydroxylation is 2. The molecular weight excluding hydrogens is 200 g/mol. The summed E-state index contributed by atoms with van der Waals surface area (Å²) in [6.45, 7) is 7.27. The van der Waals surface area contributed by atoms with Crippen LogP contribution in [0.15, 0.2) is 12.1 Å². The van der Waals surface area contributed by atoms with E-state index in [-0.39, 0.29) is 0 Å². The Morgan fingerprint density at radius 1 is 1.31 bits per heavy atom. The zero-order chi connectivity index (χ0) is 11.7. The lowest BCUT2D eigenvalue weighted by Crippen LogP contribution is -2.06. The van der Waals surface area contributed by atoms with Gasteiger partial charge in [0.15, 0.2) is 5.65 Å². The van der Waals surface area contributed by atoms with Crippen LogP contribution in [0.25, 0.3) is 11.2 Å². The number of rotatable bonds is 3. The van der Waals surface area contributed by atoms with E-state index in [1.54, 1.807) is 0 Å². The molecule has 0 aliphatic carbocycles. The van der Waals surface area contributed by atoms with Gasteiger partial charge in [-0.1, -0.05) is 13.8 Å². The monoisotopic (exact) mass is 218 g/mol. The maximum absolute atomic E-state index is 5.90. The maximum atomic E-state index is 5.90. The van der Waals surface area contributed by atoms with Crippen molar-refractivity contribution >= 4 is 17.1 Å². The highest BCUT2D eigenvalue weighted by Crippen LogP contribution is 2.17. The van der Waals surface area contributed by atoms with Crippen molar-refractivity contribution in [2.24, 2.45) is 5.92 Å². The molecule has 16 heavy (non-hydrogen) atoms. The van der Waals surface area contributed by atoms with E-state index in [1.807, 2.05) is 23.6 Å². The van der Waals surface area contributed by atoms with Gasteiger partial charge in [-0.25, -0.2) is 9.97 Å². The molecule has 0 fully saturated rings. The first-order chi connectivity index (χ1) is 7.58. The van der Waals surface area contributed by atoms with E-state index >= 15 is 0 Å². The number of nitrogen functional groups attached to an aromatic ring is 1. The van der Waals surface area contributed by atoms with Gasteiger partial charge >= 0.3 is 0 Å². The lowest BCUT2D eigenvalue weighted by atomic mass is 10.1. The molecule has 2 aromatic rings. The normalized spacial score (nSPS) is 11.5. The standard InChI is InChI=1S/C12H18N4/c1-8(2)6-7-16-11-10(15-12(16)13)5-4-9(3)14-11/h4-5,8H,6-7H2,1-3H3,(H2,13,15). The molecule has 0 aliphatic heterocycles. The lowest BCUT2D eigenvalue weighted by molar-refractivity contribution is 0.524. The van der Waals surface area contributed by atoms with Crippen LogP contribution in [0.4, 0.5) is 5.95 Å². The maximum Gasteiger partial charge on any atom is 0.202 e. The second-order valence-electron chi connectivity index (χ2n) is 4.60. The summed E-state index contributed by atoms with van der Waals surface area (Å²) >= 11 is 0. The molecule has 0 bridgehead atoms. The number of fused-ring (bicyclic) bond motifs is 1. The molecule has 2 rings (SSSR count). The molecule has 2 heterocycles. The van der Waals surface area contributed by atoms with Gasteiger partial charge in [-0.2, -0.15) is 0 Å². The third kappa shape index (κ3) is 2.01.